The molecular weight excluding hydrogens is 310 g/mol. The van der Waals surface area contributed by atoms with Crippen molar-refractivity contribution in [3.63, 3.8) is 0 Å². The number of nitrogens with one attached hydrogen (secondary N) is 1. The normalized spacial score (nSPS) is 12.8. The predicted octanol–water partition coefficient (Wildman–Crippen LogP) is 5.84. The molecule has 3 heterocycles. The van der Waals surface area contributed by atoms with Gasteiger partial charge < -0.3 is 9.73 Å². The van der Waals surface area contributed by atoms with Crippen molar-refractivity contribution in [3.05, 3.63) is 42.0 Å². The van der Waals surface area contributed by atoms with Gasteiger partial charge in [0.25, 0.3) is 0 Å². The van der Waals surface area contributed by atoms with E-state index in [1.165, 1.54) is 11.3 Å². The molecule has 0 aliphatic carbocycles. The molecule has 0 aliphatic rings. The van der Waals surface area contributed by atoms with Crippen LogP contribution in [0.1, 0.15) is 52.3 Å². The van der Waals surface area contributed by atoms with E-state index in [0.717, 1.165) is 29.1 Å². The van der Waals surface area contributed by atoms with Gasteiger partial charge in [-0.05, 0) is 63.3 Å². The first-order valence-electron chi connectivity index (χ1n) is 8.86. The Labute approximate surface area is 150 Å². The van der Waals surface area contributed by atoms with E-state index in [0.29, 0.717) is 0 Å². The molecule has 4 nitrogen and oxygen atoms in total. The lowest BCUT2D eigenvalue weighted by Crippen LogP contribution is -2.36. The van der Waals surface area contributed by atoms with Crippen LogP contribution in [0.4, 0.5) is 5.82 Å². The standard InChI is InChI=1S/C21H29N3O/c1-14-10-15(2)24-17(11-14)22-18(16-8-9-25-12-16)19(24)23-21(6,7)13-20(3,4)5/h8-12,23H,13H2,1-7H3. The number of hydrogen-bond acceptors (Lipinski definition) is 3. The Morgan fingerprint density at radius 2 is 1.84 bits per heavy atom. The van der Waals surface area contributed by atoms with E-state index in [4.69, 9.17) is 9.40 Å². The van der Waals surface area contributed by atoms with Gasteiger partial charge in [0.2, 0.25) is 0 Å². The van der Waals surface area contributed by atoms with E-state index < -0.39 is 0 Å². The summed E-state index contributed by atoms with van der Waals surface area (Å²) < 4.78 is 7.52. The third kappa shape index (κ3) is 3.73. The van der Waals surface area contributed by atoms with Crippen LogP contribution in [0.3, 0.4) is 0 Å². The van der Waals surface area contributed by atoms with Gasteiger partial charge in [-0.15, -0.1) is 0 Å². The Bertz CT molecular complexity index is 880. The van der Waals surface area contributed by atoms with Crippen LogP contribution in [-0.2, 0) is 0 Å². The van der Waals surface area contributed by atoms with Gasteiger partial charge in [0, 0.05) is 16.8 Å². The van der Waals surface area contributed by atoms with E-state index in [2.05, 4.69) is 70.3 Å². The second kappa shape index (κ2) is 5.94. The topological polar surface area (TPSA) is 42.5 Å². The highest BCUT2D eigenvalue weighted by Gasteiger charge is 2.28. The Balaban J connectivity index is 2.16. The summed E-state index contributed by atoms with van der Waals surface area (Å²) in [7, 11) is 0. The zero-order valence-electron chi connectivity index (χ0n) is 16.4. The molecule has 0 saturated carbocycles. The number of rotatable bonds is 4. The lowest BCUT2D eigenvalue weighted by atomic mass is 9.82. The minimum atomic E-state index is -0.0655. The molecule has 0 saturated heterocycles. The lowest BCUT2D eigenvalue weighted by molar-refractivity contribution is 0.302. The minimum Gasteiger partial charge on any atom is -0.472 e. The minimum absolute atomic E-state index is 0.0655. The van der Waals surface area contributed by atoms with E-state index in [9.17, 15) is 0 Å². The van der Waals surface area contributed by atoms with Crippen LogP contribution in [0.25, 0.3) is 16.9 Å². The molecule has 3 aromatic rings. The molecule has 134 valence electrons. The van der Waals surface area contributed by atoms with Crippen molar-refractivity contribution in [2.24, 2.45) is 5.41 Å². The molecule has 4 heteroatoms. The fourth-order valence-corrected chi connectivity index (χ4v) is 3.94. The van der Waals surface area contributed by atoms with Crippen molar-refractivity contribution < 1.29 is 4.42 Å². The number of anilines is 1. The average Bonchev–Trinajstić information content (AvgIpc) is 3.02. The third-order valence-electron chi connectivity index (χ3n) is 4.27. The number of pyridine rings is 1. The number of nitrogens with zero attached hydrogens (tertiary/aromatic N) is 2. The van der Waals surface area contributed by atoms with E-state index in [-0.39, 0.29) is 11.0 Å². The van der Waals surface area contributed by atoms with Crippen LogP contribution in [0.15, 0.2) is 35.1 Å². The van der Waals surface area contributed by atoms with Crippen LogP contribution < -0.4 is 5.32 Å². The molecule has 0 spiro atoms. The Morgan fingerprint density at radius 3 is 2.44 bits per heavy atom. The zero-order valence-corrected chi connectivity index (χ0v) is 16.4. The monoisotopic (exact) mass is 339 g/mol. The molecule has 0 fully saturated rings. The van der Waals surface area contributed by atoms with Gasteiger partial charge >= 0.3 is 0 Å². The fourth-order valence-electron chi connectivity index (χ4n) is 3.94. The first-order chi connectivity index (χ1) is 11.6. The first-order valence-corrected chi connectivity index (χ1v) is 8.86. The molecule has 3 aromatic heterocycles. The first kappa shape index (κ1) is 17.6. The smallest absolute Gasteiger partial charge is 0.139 e. The van der Waals surface area contributed by atoms with E-state index >= 15 is 0 Å². The van der Waals surface area contributed by atoms with Gasteiger partial charge in [-0.2, -0.15) is 0 Å². The summed E-state index contributed by atoms with van der Waals surface area (Å²) in [6.07, 6.45) is 4.50. The highest BCUT2D eigenvalue weighted by Crippen LogP contribution is 2.35. The fraction of sp³-hybridized carbons (Fsp3) is 0.476. The second-order valence-electron chi connectivity index (χ2n) is 8.94. The van der Waals surface area contributed by atoms with Crippen LogP contribution in [0.2, 0.25) is 0 Å². The maximum atomic E-state index is 5.31. The molecule has 25 heavy (non-hydrogen) atoms. The summed E-state index contributed by atoms with van der Waals surface area (Å²) in [4.78, 5) is 4.90. The molecular formula is C21H29N3O. The largest absolute Gasteiger partial charge is 0.472 e. The van der Waals surface area contributed by atoms with Crippen LogP contribution in [0.5, 0.6) is 0 Å². The van der Waals surface area contributed by atoms with E-state index in [1.54, 1.807) is 12.5 Å². The van der Waals surface area contributed by atoms with Crippen LogP contribution in [-0.4, -0.2) is 14.9 Å². The van der Waals surface area contributed by atoms with Crippen molar-refractivity contribution in [2.45, 2.75) is 60.4 Å². The summed E-state index contributed by atoms with van der Waals surface area (Å²) >= 11 is 0. The van der Waals surface area contributed by atoms with Gasteiger partial charge in [-0.25, -0.2) is 4.98 Å². The molecule has 0 amide bonds. The number of aryl methyl sites for hydroxylation is 2. The third-order valence-corrected chi connectivity index (χ3v) is 4.27. The van der Waals surface area contributed by atoms with Crippen molar-refractivity contribution in [1.82, 2.24) is 9.38 Å². The van der Waals surface area contributed by atoms with Gasteiger partial charge in [0.15, 0.2) is 0 Å². The molecule has 1 N–H and O–H groups in total. The van der Waals surface area contributed by atoms with Crippen molar-refractivity contribution in [2.75, 3.05) is 5.32 Å². The molecule has 0 bridgehead atoms. The molecule has 0 unspecified atom stereocenters. The quantitative estimate of drug-likeness (QED) is 0.649. The summed E-state index contributed by atoms with van der Waals surface area (Å²) in [5.74, 6) is 1.03. The number of imidazole rings is 1. The number of furan rings is 1. The lowest BCUT2D eigenvalue weighted by Gasteiger charge is -2.34. The zero-order chi connectivity index (χ0) is 18.4. The van der Waals surface area contributed by atoms with Gasteiger partial charge in [0.1, 0.15) is 17.2 Å². The van der Waals surface area contributed by atoms with Gasteiger partial charge in [0.05, 0.1) is 12.5 Å². The SMILES string of the molecule is Cc1cc(C)n2c(NC(C)(C)CC(C)(C)C)c(-c3ccoc3)nc2c1. The molecule has 0 atom stereocenters. The molecule has 0 aliphatic heterocycles. The maximum absolute atomic E-state index is 5.31. The Kier molecular flexibility index (Phi) is 4.18. The van der Waals surface area contributed by atoms with E-state index in [1.807, 2.05) is 6.07 Å². The highest BCUT2D eigenvalue weighted by atomic mass is 16.3. The van der Waals surface area contributed by atoms with Gasteiger partial charge in [-0.1, -0.05) is 20.8 Å². The number of aromatic nitrogens is 2. The summed E-state index contributed by atoms with van der Waals surface area (Å²) in [6.45, 7) is 15.6. The summed E-state index contributed by atoms with van der Waals surface area (Å²) in [6, 6.07) is 6.28. The Morgan fingerprint density at radius 1 is 1.12 bits per heavy atom. The molecule has 0 radical (unpaired) electrons. The second-order valence-corrected chi connectivity index (χ2v) is 8.94. The van der Waals surface area contributed by atoms with Crippen molar-refractivity contribution >= 4 is 11.5 Å². The molecule has 0 aromatic carbocycles. The highest BCUT2D eigenvalue weighted by molar-refractivity contribution is 5.77. The van der Waals surface area contributed by atoms with Crippen molar-refractivity contribution in [3.8, 4) is 11.3 Å². The Hall–Kier alpha value is -2.23. The van der Waals surface area contributed by atoms with Gasteiger partial charge in [-0.3, -0.25) is 4.40 Å². The summed E-state index contributed by atoms with van der Waals surface area (Å²) in [5.41, 5.74) is 5.45. The maximum Gasteiger partial charge on any atom is 0.139 e. The number of fused-ring (bicyclic) bond motifs is 1. The number of hydrogen-bond donors (Lipinski definition) is 1. The average molecular weight is 339 g/mol. The summed E-state index contributed by atoms with van der Waals surface area (Å²) in [5, 5.41) is 3.77. The van der Waals surface area contributed by atoms with Crippen LogP contribution in [0, 0.1) is 19.3 Å². The van der Waals surface area contributed by atoms with Crippen molar-refractivity contribution in [1.29, 1.82) is 0 Å². The predicted molar refractivity (Wildman–Crippen MR) is 104 cm³/mol. The molecule has 3 rings (SSSR count). The van der Waals surface area contributed by atoms with Crippen LogP contribution >= 0.6 is 0 Å².